The van der Waals surface area contributed by atoms with E-state index in [-0.39, 0.29) is 18.0 Å². The fourth-order valence-electron chi connectivity index (χ4n) is 2.47. The van der Waals surface area contributed by atoms with Crippen molar-refractivity contribution in [2.75, 3.05) is 0 Å². The van der Waals surface area contributed by atoms with Crippen LogP contribution in [0.5, 0.6) is 11.5 Å². The Morgan fingerprint density at radius 2 is 1.47 bits per heavy atom. The molecule has 0 amide bonds. The van der Waals surface area contributed by atoms with E-state index in [0.29, 0.717) is 17.1 Å². The first-order valence-corrected chi connectivity index (χ1v) is 9.23. The number of hydrogen-bond acceptors (Lipinski definition) is 6. The molecule has 0 spiro atoms. The number of esters is 1. The Kier molecular flexibility index (Phi) is 6.94. The van der Waals surface area contributed by atoms with Gasteiger partial charge in [0.15, 0.2) is 5.78 Å². The smallest absolute Gasteiger partial charge is 0.338 e. The molecule has 0 bridgehead atoms. The first-order chi connectivity index (χ1) is 13.9. The fourth-order valence-corrected chi connectivity index (χ4v) is 2.47. The lowest BCUT2D eigenvalue weighted by Crippen LogP contribution is -2.57. The number of carboxylic acid groups (broad SMARTS) is 1. The molecule has 160 valence electrons. The molecule has 2 aromatic carbocycles. The summed E-state index contributed by atoms with van der Waals surface area (Å²) in [5, 5.41) is 9.40. The van der Waals surface area contributed by atoms with Gasteiger partial charge in [0.1, 0.15) is 22.9 Å². The van der Waals surface area contributed by atoms with Crippen LogP contribution in [0.2, 0.25) is 0 Å². The first kappa shape index (κ1) is 23.0. The number of nitrogens with two attached hydrogens (primary N) is 1. The average molecular weight is 417 g/mol. The summed E-state index contributed by atoms with van der Waals surface area (Å²) in [5.74, 6) is -2.56. The summed E-state index contributed by atoms with van der Waals surface area (Å²) < 4.78 is 23.6. The van der Waals surface area contributed by atoms with E-state index in [1.807, 2.05) is 0 Å². The highest BCUT2D eigenvalue weighted by Crippen LogP contribution is 2.23. The van der Waals surface area contributed by atoms with Crippen molar-refractivity contribution in [3.05, 3.63) is 59.9 Å². The van der Waals surface area contributed by atoms with Gasteiger partial charge in [-0.2, -0.15) is 0 Å². The van der Waals surface area contributed by atoms with E-state index < -0.39 is 29.5 Å². The van der Waals surface area contributed by atoms with Gasteiger partial charge in [-0.3, -0.25) is 4.79 Å². The molecule has 1 unspecified atom stereocenters. The minimum Gasteiger partial charge on any atom is -0.479 e. The van der Waals surface area contributed by atoms with Crippen molar-refractivity contribution >= 4 is 17.7 Å². The predicted octanol–water partition coefficient (Wildman–Crippen LogP) is 3.70. The van der Waals surface area contributed by atoms with Crippen molar-refractivity contribution in [2.45, 2.75) is 44.8 Å². The van der Waals surface area contributed by atoms with E-state index in [0.717, 1.165) is 0 Å². The average Bonchev–Trinajstić information content (AvgIpc) is 2.66. The maximum atomic E-state index is 12.9. The molecule has 2 aromatic rings. The maximum absolute atomic E-state index is 12.9. The Hall–Kier alpha value is -3.26. The number of ether oxygens (including phenoxy) is 2. The summed E-state index contributed by atoms with van der Waals surface area (Å²) in [6, 6.07) is 11.6. The summed E-state index contributed by atoms with van der Waals surface area (Å²) in [6.07, 6.45) is -0.676. The molecule has 0 saturated carbocycles. The highest BCUT2D eigenvalue weighted by Gasteiger charge is 2.45. The quantitative estimate of drug-likeness (QED) is 0.382. The van der Waals surface area contributed by atoms with Crippen LogP contribution in [0.4, 0.5) is 4.39 Å². The van der Waals surface area contributed by atoms with Crippen LogP contribution in [-0.4, -0.2) is 34.0 Å². The van der Waals surface area contributed by atoms with Gasteiger partial charge in [-0.25, -0.2) is 14.0 Å². The Morgan fingerprint density at radius 1 is 0.967 bits per heavy atom. The molecule has 0 aliphatic carbocycles. The molecule has 0 radical (unpaired) electrons. The largest absolute Gasteiger partial charge is 0.479 e. The molecule has 1 atom stereocenters. The summed E-state index contributed by atoms with van der Waals surface area (Å²) in [5.41, 5.74) is 2.83. The SMILES string of the molecule is CC(C)(C)OC(=O)C(N)(CCC(=O)c1ccc(Oc2ccc(F)cc2)cc1)C(=O)O. The lowest BCUT2D eigenvalue weighted by Gasteiger charge is -2.28. The second-order valence-corrected chi connectivity index (χ2v) is 7.78. The second kappa shape index (κ2) is 9.04. The Labute approximate surface area is 173 Å². The van der Waals surface area contributed by atoms with E-state index in [4.69, 9.17) is 15.2 Å². The number of hydrogen-bond donors (Lipinski definition) is 2. The van der Waals surface area contributed by atoms with Crippen LogP contribution in [0.1, 0.15) is 44.0 Å². The van der Waals surface area contributed by atoms with Gasteiger partial charge in [0.05, 0.1) is 0 Å². The molecule has 0 fully saturated rings. The topological polar surface area (TPSA) is 116 Å². The molecule has 30 heavy (non-hydrogen) atoms. The zero-order chi connectivity index (χ0) is 22.5. The van der Waals surface area contributed by atoms with E-state index in [2.05, 4.69) is 0 Å². The Bertz CT molecular complexity index is 918. The van der Waals surface area contributed by atoms with Gasteiger partial charge >= 0.3 is 11.9 Å². The zero-order valence-corrected chi connectivity index (χ0v) is 17.0. The maximum Gasteiger partial charge on any atom is 0.338 e. The molecular formula is C22H24FNO6. The summed E-state index contributed by atoms with van der Waals surface area (Å²) in [6.45, 7) is 4.77. The number of ketones is 1. The van der Waals surface area contributed by atoms with E-state index in [1.165, 1.54) is 36.4 Å². The van der Waals surface area contributed by atoms with Crippen LogP contribution < -0.4 is 10.5 Å². The van der Waals surface area contributed by atoms with Gasteiger partial charge in [-0.1, -0.05) is 0 Å². The van der Waals surface area contributed by atoms with Crippen LogP contribution in [0.3, 0.4) is 0 Å². The Balaban J connectivity index is 2.03. The molecule has 2 rings (SSSR count). The number of aliphatic carboxylic acids is 1. The summed E-state index contributed by atoms with van der Waals surface area (Å²) >= 11 is 0. The molecule has 0 saturated heterocycles. The first-order valence-electron chi connectivity index (χ1n) is 9.23. The third-order valence-electron chi connectivity index (χ3n) is 4.12. The van der Waals surface area contributed by atoms with Gasteiger partial charge < -0.3 is 20.3 Å². The van der Waals surface area contributed by atoms with Gasteiger partial charge in [-0.15, -0.1) is 0 Å². The number of rotatable bonds is 8. The molecule has 0 aliphatic rings. The summed E-state index contributed by atoms with van der Waals surface area (Å²) in [4.78, 5) is 36.2. The lowest BCUT2D eigenvalue weighted by atomic mass is 9.91. The molecular weight excluding hydrogens is 393 g/mol. The highest BCUT2D eigenvalue weighted by molar-refractivity contribution is 6.05. The molecule has 0 aliphatic heterocycles. The summed E-state index contributed by atoms with van der Waals surface area (Å²) in [7, 11) is 0. The predicted molar refractivity (Wildman–Crippen MR) is 107 cm³/mol. The number of Topliss-reactive ketones (excluding diaryl/α,β-unsaturated/α-hetero) is 1. The number of carboxylic acids is 1. The van der Waals surface area contributed by atoms with Crippen molar-refractivity contribution in [1.29, 1.82) is 0 Å². The van der Waals surface area contributed by atoms with Crippen molar-refractivity contribution in [3.63, 3.8) is 0 Å². The van der Waals surface area contributed by atoms with Gasteiger partial charge in [0.2, 0.25) is 5.54 Å². The van der Waals surface area contributed by atoms with E-state index in [9.17, 15) is 23.9 Å². The van der Waals surface area contributed by atoms with E-state index >= 15 is 0 Å². The third kappa shape index (κ3) is 6.12. The van der Waals surface area contributed by atoms with Gasteiger partial charge in [0.25, 0.3) is 0 Å². The number of benzene rings is 2. The standard InChI is InChI=1S/C22H24FNO6/c1-21(2,3)30-20(28)22(24,19(26)27)13-12-18(25)14-4-8-16(9-5-14)29-17-10-6-15(23)7-11-17/h4-11H,12-13,24H2,1-3H3,(H,26,27). The van der Waals surface area contributed by atoms with Crippen molar-refractivity contribution in [3.8, 4) is 11.5 Å². The molecule has 0 aromatic heterocycles. The molecule has 8 heteroatoms. The Morgan fingerprint density at radius 3 is 1.93 bits per heavy atom. The van der Waals surface area contributed by atoms with Crippen LogP contribution in [-0.2, 0) is 14.3 Å². The lowest BCUT2D eigenvalue weighted by molar-refractivity contribution is -0.169. The monoisotopic (exact) mass is 417 g/mol. The van der Waals surface area contributed by atoms with Crippen LogP contribution in [0, 0.1) is 5.82 Å². The number of carbonyl (C=O) groups is 3. The molecule has 3 N–H and O–H groups in total. The molecule has 0 heterocycles. The van der Waals surface area contributed by atoms with Crippen molar-refractivity contribution < 1.29 is 33.4 Å². The van der Waals surface area contributed by atoms with Gasteiger partial charge in [-0.05, 0) is 75.7 Å². The van der Waals surface area contributed by atoms with Gasteiger partial charge in [0, 0.05) is 12.0 Å². The van der Waals surface area contributed by atoms with Crippen molar-refractivity contribution in [1.82, 2.24) is 0 Å². The fraction of sp³-hybridized carbons (Fsp3) is 0.318. The minimum atomic E-state index is -2.32. The highest BCUT2D eigenvalue weighted by atomic mass is 19.1. The molecule has 7 nitrogen and oxygen atoms in total. The van der Waals surface area contributed by atoms with Crippen LogP contribution >= 0.6 is 0 Å². The number of halogens is 1. The minimum absolute atomic E-state index is 0.264. The zero-order valence-electron chi connectivity index (χ0n) is 17.0. The van der Waals surface area contributed by atoms with Crippen LogP contribution in [0.25, 0.3) is 0 Å². The second-order valence-electron chi connectivity index (χ2n) is 7.78. The van der Waals surface area contributed by atoms with Crippen LogP contribution in [0.15, 0.2) is 48.5 Å². The number of carbonyl (C=O) groups excluding carboxylic acids is 2. The van der Waals surface area contributed by atoms with Crippen molar-refractivity contribution in [2.24, 2.45) is 5.73 Å². The third-order valence-corrected chi connectivity index (χ3v) is 4.12. The van der Waals surface area contributed by atoms with E-state index in [1.54, 1.807) is 32.9 Å². The normalized spacial score (nSPS) is 13.2.